The van der Waals surface area contributed by atoms with Crippen LogP contribution in [-0.2, 0) is 48.9 Å². The highest BCUT2D eigenvalue weighted by Crippen LogP contribution is 2.57. The first kappa shape index (κ1) is 43.4. The van der Waals surface area contributed by atoms with Crippen LogP contribution in [0.1, 0.15) is 83.6 Å². The van der Waals surface area contributed by atoms with Crippen molar-refractivity contribution >= 4 is 77.6 Å². The zero-order valence-electron chi connectivity index (χ0n) is 30.7. The van der Waals surface area contributed by atoms with E-state index in [4.69, 9.17) is 39.2 Å². The lowest BCUT2D eigenvalue weighted by molar-refractivity contribution is -0.153. The highest BCUT2D eigenvalue weighted by atomic mass is 32.7. The van der Waals surface area contributed by atoms with E-state index in [-0.39, 0.29) is 46.9 Å². The lowest BCUT2D eigenvalue weighted by Gasteiger charge is -2.25. The van der Waals surface area contributed by atoms with Crippen molar-refractivity contribution in [2.24, 2.45) is 0 Å². The van der Waals surface area contributed by atoms with Crippen LogP contribution < -0.4 is 17.0 Å². The number of fused-ring (bicyclic) bond motifs is 2. The van der Waals surface area contributed by atoms with Crippen LogP contribution in [-0.4, -0.2) is 98.6 Å². The fourth-order valence-corrected chi connectivity index (χ4v) is 8.69. The Labute approximate surface area is 335 Å². The normalized spacial score (nSPS) is 25.0. The minimum atomic E-state index is -4.53. The third kappa shape index (κ3) is 10.9. The van der Waals surface area contributed by atoms with Gasteiger partial charge in [-0.05, 0) is 18.2 Å². The van der Waals surface area contributed by atoms with Gasteiger partial charge in [-0.2, -0.15) is 4.98 Å². The molecule has 0 radical (unpaired) electrons. The van der Waals surface area contributed by atoms with E-state index in [1.165, 1.54) is 34.6 Å². The number of nitrogens with two attached hydrogens (primary N) is 2. The molecule has 4 aromatic rings. The molecule has 0 saturated carbocycles. The van der Waals surface area contributed by atoms with E-state index in [9.17, 15) is 23.9 Å². The molecule has 21 nitrogen and oxygen atoms in total. The number of aromatic nitrogens is 8. The van der Waals surface area contributed by atoms with Gasteiger partial charge in [0.2, 0.25) is 5.95 Å². The average molecular weight is 879 g/mol. The van der Waals surface area contributed by atoms with Crippen LogP contribution in [0.4, 0.5) is 16.2 Å². The van der Waals surface area contributed by atoms with Gasteiger partial charge in [0.15, 0.2) is 35.0 Å². The molecule has 3 unspecified atom stereocenters. The Morgan fingerprint density at radius 3 is 2.42 bits per heavy atom. The third-order valence-electron chi connectivity index (χ3n) is 9.45. The van der Waals surface area contributed by atoms with Crippen molar-refractivity contribution in [2.45, 2.75) is 114 Å². The molecule has 2 aliphatic rings. The van der Waals surface area contributed by atoms with E-state index in [0.29, 0.717) is 6.42 Å². The number of hydrogen-bond acceptors (Lipinski definition) is 17. The van der Waals surface area contributed by atoms with Crippen molar-refractivity contribution in [2.75, 3.05) is 24.7 Å². The molecule has 0 aromatic carbocycles. The molecule has 2 saturated heterocycles. The lowest BCUT2D eigenvalue weighted by Crippen LogP contribution is -2.34. The van der Waals surface area contributed by atoms with Gasteiger partial charge in [0.1, 0.15) is 42.5 Å². The number of nitrogens with zero attached hydrogens (tertiary/aromatic N) is 7. The number of thiol groups is 1. The summed E-state index contributed by atoms with van der Waals surface area (Å²) >= 11 is 8.65. The summed E-state index contributed by atoms with van der Waals surface area (Å²) in [5.74, 6) is -0.610. The molecule has 26 heteroatoms. The monoisotopic (exact) mass is 878 g/mol. The number of nitrogens with one attached hydrogen (secondary N) is 1. The van der Waals surface area contributed by atoms with Crippen LogP contribution in [0.5, 0.6) is 0 Å². The van der Waals surface area contributed by atoms with Crippen LogP contribution in [0.2, 0.25) is 0 Å². The van der Waals surface area contributed by atoms with Crippen molar-refractivity contribution in [1.82, 2.24) is 39.0 Å². The number of halogens is 1. The number of esters is 1. The molecule has 7 N–H and O–H groups in total. The minimum Gasteiger partial charge on any atom is -0.459 e. The number of ether oxygens (including phenoxy) is 3. The summed E-state index contributed by atoms with van der Waals surface area (Å²) in [6.07, 6.45) is 2.50. The van der Waals surface area contributed by atoms with Gasteiger partial charge in [0, 0.05) is 12.8 Å². The fraction of sp³-hybridized carbons (Fsp3) is 0.645. The Morgan fingerprint density at radius 1 is 1.00 bits per heavy atom. The van der Waals surface area contributed by atoms with Crippen molar-refractivity contribution in [3.8, 4) is 0 Å². The Kier molecular flexibility index (Phi) is 14.4. The van der Waals surface area contributed by atoms with E-state index >= 15 is 4.39 Å². The van der Waals surface area contributed by atoms with Gasteiger partial charge in [-0.1, -0.05) is 64.1 Å². The van der Waals surface area contributed by atoms with Gasteiger partial charge in [-0.15, -0.1) is 0 Å². The summed E-state index contributed by atoms with van der Waals surface area (Å²) in [5.41, 5.74) is 11.5. The number of carbonyl (C=O) groups excluding carboxylic acids is 1. The summed E-state index contributed by atoms with van der Waals surface area (Å²) in [5, 5.41) is 0. The molecule has 6 heterocycles. The molecular weight excluding hydrogens is 833 g/mol. The van der Waals surface area contributed by atoms with Crippen molar-refractivity contribution in [3.63, 3.8) is 0 Å². The highest BCUT2D eigenvalue weighted by molar-refractivity contribution is 8.44. The van der Waals surface area contributed by atoms with E-state index in [1.807, 2.05) is 0 Å². The number of nitrogen functional groups attached to an aromatic ring is 2. The van der Waals surface area contributed by atoms with Gasteiger partial charge >= 0.3 is 19.5 Å². The summed E-state index contributed by atoms with van der Waals surface area (Å²) in [6, 6.07) is 0. The first-order chi connectivity index (χ1) is 27.1. The summed E-state index contributed by atoms with van der Waals surface area (Å²) in [7, 11) is 0. The maximum absolute atomic E-state index is 16.3. The van der Waals surface area contributed by atoms with Crippen LogP contribution in [0.3, 0.4) is 0 Å². The SMILES string of the molecule is CCCCCCCCCCC(=O)O[C@H]1C[C@H](n2cnc3c(=O)[nH]c(N)nc32)OC1COP(=O)(S)O[C@@H]1C(COP(O)(O)=S)O[C@@H](n2cnc3c(N)ncnc32)[C@@H]1F. The first-order valence-electron chi connectivity index (χ1n) is 18.3. The Bertz CT molecular complexity index is 2180. The number of imidazole rings is 2. The quantitative estimate of drug-likeness (QED) is 0.0319. The van der Waals surface area contributed by atoms with Crippen LogP contribution in [0, 0.1) is 0 Å². The third-order valence-corrected chi connectivity index (χ3v) is 11.9. The second kappa shape index (κ2) is 18.8. The van der Waals surface area contributed by atoms with Crippen molar-refractivity contribution in [1.29, 1.82) is 0 Å². The van der Waals surface area contributed by atoms with Crippen molar-refractivity contribution < 1.29 is 51.3 Å². The largest absolute Gasteiger partial charge is 0.459 e. The van der Waals surface area contributed by atoms with E-state index in [2.05, 4.69) is 60.9 Å². The minimum absolute atomic E-state index is 0.00202. The first-order valence-corrected chi connectivity index (χ1v) is 23.6. The number of hydrogen-bond donors (Lipinski definition) is 6. The molecule has 0 aliphatic carbocycles. The zero-order valence-corrected chi connectivity index (χ0v) is 34.2. The molecule has 2 fully saturated rings. The van der Waals surface area contributed by atoms with Gasteiger partial charge in [-0.25, -0.2) is 28.9 Å². The molecule has 0 bridgehead atoms. The standard InChI is InChI=1S/C31H45FN10O11P2S2/c1-2-3-4-5-6-7-8-9-10-21(43)51-17-11-20(41-15-38-24-28(41)39-31(34)40-29(24)44)50-18(17)12-49-55(47,57)53-25-19(13-48-54(45,46)56)52-30(22(25)32)42-16-37-23-26(33)35-14-36-27(23)42/h14-20,22,25,30H,2-13H2,1H3,(H,47,57)(H2,33,35,36)(H2,45,46,56)(H3,34,39,40,44)/t17-,18?,19?,20+,22+,25+,30+,55?/m0/s1. The van der Waals surface area contributed by atoms with Gasteiger partial charge < -0.3 is 40.0 Å². The molecule has 4 aromatic heterocycles. The zero-order chi connectivity index (χ0) is 40.9. The number of carbonyl (C=O) groups is 1. The number of aromatic amines is 1. The van der Waals surface area contributed by atoms with E-state index < -0.39 is 81.3 Å². The lowest BCUT2D eigenvalue weighted by atomic mass is 10.1. The van der Waals surface area contributed by atoms with Gasteiger partial charge in [0.05, 0.1) is 25.9 Å². The highest BCUT2D eigenvalue weighted by Gasteiger charge is 2.51. The topological polar surface area (TPSA) is 289 Å². The Hall–Kier alpha value is -3.15. The number of unbranched alkanes of at least 4 members (excludes halogenated alkanes) is 7. The number of anilines is 2. The molecule has 57 heavy (non-hydrogen) atoms. The smallest absolute Gasteiger partial charge is 0.386 e. The summed E-state index contributed by atoms with van der Waals surface area (Å²) in [4.78, 5) is 67.7. The molecule has 8 atom stereocenters. The van der Waals surface area contributed by atoms with Crippen molar-refractivity contribution in [3.05, 3.63) is 29.3 Å². The van der Waals surface area contributed by atoms with Crippen LogP contribution in [0.15, 0.2) is 23.8 Å². The molecule has 0 amide bonds. The molecule has 314 valence electrons. The van der Waals surface area contributed by atoms with Gasteiger partial charge in [-0.3, -0.25) is 32.8 Å². The van der Waals surface area contributed by atoms with Crippen LogP contribution in [0.25, 0.3) is 22.3 Å². The molecular formula is C31H45FN10O11P2S2. The average Bonchev–Trinajstić information content (AvgIpc) is 3.93. The van der Waals surface area contributed by atoms with E-state index in [1.54, 1.807) is 0 Å². The summed E-state index contributed by atoms with van der Waals surface area (Å²) in [6.45, 7) is -7.83. The molecule has 6 rings (SSSR count). The van der Waals surface area contributed by atoms with Gasteiger partial charge in [0.25, 0.3) is 5.56 Å². The predicted octanol–water partition coefficient (Wildman–Crippen LogP) is 3.75. The van der Waals surface area contributed by atoms with Crippen LogP contribution >= 0.6 is 25.8 Å². The second-order valence-electron chi connectivity index (χ2n) is 13.6. The number of H-pyrrole nitrogens is 1. The predicted molar refractivity (Wildman–Crippen MR) is 209 cm³/mol. The maximum atomic E-state index is 16.3. The summed E-state index contributed by atoms with van der Waals surface area (Å²) < 4.78 is 66.8. The number of alkyl halides is 1. The Balaban J connectivity index is 1.15. The second-order valence-corrected chi connectivity index (χ2v) is 19.1. The Morgan fingerprint density at radius 2 is 1.68 bits per heavy atom. The maximum Gasteiger partial charge on any atom is 0.386 e. The molecule has 0 spiro atoms. The number of rotatable bonds is 20. The fourth-order valence-electron chi connectivity index (χ4n) is 6.69. The molecule has 2 aliphatic heterocycles. The van der Waals surface area contributed by atoms with E-state index in [0.717, 1.165) is 38.4 Å².